The van der Waals surface area contributed by atoms with E-state index in [1.54, 1.807) is 28.8 Å². The lowest BCUT2D eigenvalue weighted by atomic mass is 10.1. The third-order valence-electron chi connectivity index (χ3n) is 5.23. The molecule has 0 spiro atoms. The van der Waals surface area contributed by atoms with Gasteiger partial charge in [0.05, 0.1) is 10.9 Å². The van der Waals surface area contributed by atoms with Crippen LogP contribution in [0.1, 0.15) is 47.4 Å². The molecule has 0 saturated carbocycles. The number of rotatable bonds is 3. The van der Waals surface area contributed by atoms with Gasteiger partial charge in [-0.2, -0.15) is 0 Å². The van der Waals surface area contributed by atoms with Gasteiger partial charge in [-0.25, -0.2) is 4.98 Å². The van der Waals surface area contributed by atoms with Gasteiger partial charge in [-0.15, -0.1) is 0 Å². The molecule has 2 aromatic carbocycles. The number of nitrogens with zero attached hydrogens (tertiary/aromatic N) is 2. The van der Waals surface area contributed by atoms with E-state index in [0.29, 0.717) is 28.0 Å². The average Bonchev–Trinajstić information content (AvgIpc) is 2.68. The van der Waals surface area contributed by atoms with Crippen molar-refractivity contribution in [1.82, 2.24) is 14.9 Å². The zero-order valence-corrected chi connectivity index (χ0v) is 16.3. The molecule has 1 aliphatic heterocycles. The molecule has 144 valence electrons. The maximum atomic E-state index is 12.9. The minimum atomic E-state index is -0.213. The highest BCUT2D eigenvalue weighted by Gasteiger charge is 2.15. The highest BCUT2D eigenvalue weighted by Crippen LogP contribution is 2.17. The smallest absolute Gasteiger partial charge is 0.261 e. The lowest BCUT2D eigenvalue weighted by Gasteiger charge is -2.16. The summed E-state index contributed by atoms with van der Waals surface area (Å²) in [5, 5.41) is 4.06. The second kappa shape index (κ2) is 8.15. The van der Waals surface area contributed by atoms with E-state index in [4.69, 9.17) is 16.6 Å². The van der Waals surface area contributed by atoms with Crippen molar-refractivity contribution in [2.24, 2.45) is 0 Å². The van der Waals surface area contributed by atoms with Crippen LogP contribution in [-0.4, -0.2) is 15.5 Å². The van der Waals surface area contributed by atoms with Gasteiger partial charge in [-0.05, 0) is 42.7 Å². The number of halogens is 1. The highest BCUT2D eigenvalue weighted by molar-refractivity contribution is 6.31. The molecule has 6 heteroatoms. The molecule has 1 N–H and O–H groups in total. The molecule has 0 saturated heterocycles. The number of nitrogens with one attached hydrogen (secondary N) is 1. The van der Waals surface area contributed by atoms with E-state index in [-0.39, 0.29) is 11.5 Å². The number of hydrogen-bond donors (Lipinski definition) is 1. The van der Waals surface area contributed by atoms with Gasteiger partial charge in [0, 0.05) is 30.1 Å². The van der Waals surface area contributed by atoms with Crippen molar-refractivity contribution in [1.29, 1.82) is 0 Å². The number of fused-ring (bicyclic) bond motifs is 2. The third kappa shape index (κ3) is 3.80. The zero-order chi connectivity index (χ0) is 19.5. The Labute approximate surface area is 168 Å². The minimum absolute atomic E-state index is 0.00933. The minimum Gasteiger partial charge on any atom is -0.348 e. The average molecular weight is 396 g/mol. The molecule has 0 atom stereocenters. The van der Waals surface area contributed by atoms with Gasteiger partial charge in [0.25, 0.3) is 11.5 Å². The number of hydrogen-bond acceptors (Lipinski definition) is 3. The highest BCUT2D eigenvalue weighted by atomic mass is 35.5. The van der Waals surface area contributed by atoms with Crippen molar-refractivity contribution in [3.8, 4) is 0 Å². The first-order valence-corrected chi connectivity index (χ1v) is 10.1. The van der Waals surface area contributed by atoms with Crippen molar-refractivity contribution in [2.75, 3.05) is 0 Å². The normalized spacial score (nSPS) is 14.2. The Bertz CT molecular complexity index is 1090. The van der Waals surface area contributed by atoms with E-state index in [9.17, 15) is 9.59 Å². The van der Waals surface area contributed by atoms with Crippen LogP contribution >= 0.6 is 11.6 Å². The van der Waals surface area contributed by atoms with Crippen molar-refractivity contribution in [3.05, 3.63) is 74.8 Å². The lowest BCUT2D eigenvalue weighted by molar-refractivity contribution is 0.0951. The van der Waals surface area contributed by atoms with Crippen LogP contribution in [0.15, 0.2) is 47.3 Å². The van der Waals surface area contributed by atoms with Crippen molar-refractivity contribution in [2.45, 2.75) is 45.2 Å². The largest absolute Gasteiger partial charge is 0.348 e. The molecule has 0 unspecified atom stereocenters. The Kier molecular flexibility index (Phi) is 5.44. The summed E-state index contributed by atoms with van der Waals surface area (Å²) in [6, 6.07) is 12.5. The number of carbonyl (C=O) groups excluding carboxylic acids is 1. The molecule has 5 nitrogen and oxygen atoms in total. The molecule has 1 amide bonds. The molecular weight excluding hydrogens is 374 g/mol. The Morgan fingerprint density at radius 3 is 2.79 bits per heavy atom. The van der Waals surface area contributed by atoms with E-state index in [1.165, 1.54) is 6.42 Å². The van der Waals surface area contributed by atoms with Crippen LogP contribution in [-0.2, 0) is 19.5 Å². The molecule has 0 bridgehead atoms. The number of benzene rings is 2. The van der Waals surface area contributed by atoms with Gasteiger partial charge in [-0.1, -0.05) is 42.6 Å². The van der Waals surface area contributed by atoms with E-state index in [2.05, 4.69) is 5.32 Å². The van der Waals surface area contributed by atoms with Crippen LogP contribution in [0.4, 0.5) is 0 Å². The summed E-state index contributed by atoms with van der Waals surface area (Å²) in [4.78, 5) is 30.2. The Morgan fingerprint density at radius 2 is 1.93 bits per heavy atom. The van der Waals surface area contributed by atoms with Crippen molar-refractivity contribution >= 4 is 28.4 Å². The fourth-order valence-corrected chi connectivity index (χ4v) is 3.86. The third-order valence-corrected chi connectivity index (χ3v) is 5.59. The summed E-state index contributed by atoms with van der Waals surface area (Å²) >= 11 is 6.14. The first kappa shape index (κ1) is 18.7. The second-order valence-electron chi connectivity index (χ2n) is 7.16. The number of aryl methyl sites for hydroxylation is 1. The summed E-state index contributed by atoms with van der Waals surface area (Å²) in [6.45, 7) is 1.06. The summed E-state index contributed by atoms with van der Waals surface area (Å²) in [6.07, 6.45) is 5.15. The summed E-state index contributed by atoms with van der Waals surface area (Å²) < 4.78 is 1.80. The van der Waals surface area contributed by atoms with Crippen LogP contribution in [0.2, 0.25) is 5.02 Å². The predicted molar refractivity (Wildman–Crippen MR) is 111 cm³/mol. The van der Waals surface area contributed by atoms with Crippen LogP contribution in [0.3, 0.4) is 0 Å². The SMILES string of the molecule is O=C(NCc1ccccc1Cl)c1ccc2c(=O)n3c(nc2c1)CCCCCC3. The van der Waals surface area contributed by atoms with Crippen LogP contribution in [0.25, 0.3) is 10.9 Å². The van der Waals surface area contributed by atoms with Crippen LogP contribution in [0, 0.1) is 0 Å². The van der Waals surface area contributed by atoms with Gasteiger partial charge in [0.15, 0.2) is 0 Å². The first-order valence-electron chi connectivity index (χ1n) is 9.68. The number of amides is 1. The number of carbonyl (C=O) groups is 1. The molecule has 1 aromatic heterocycles. The first-order chi connectivity index (χ1) is 13.6. The molecule has 4 rings (SSSR count). The van der Waals surface area contributed by atoms with E-state index in [1.807, 2.05) is 18.2 Å². The summed E-state index contributed by atoms with van der Waals surface area (Å²) in [7, 11) is 0. The predicted octanol–water partition coefficient (Wildman–Crippen LogP) is 4.10. The molecule has 2 heterocycles. The van der Waals surface area contributed by atoms with Crippen molar-refractivity contribution in [3.63, 3.8) is 0 Å². The van der Waals surface area contributed by atoms with Gasteiger partial charge in [-0.3, -0.25) is 14.2 Å². The maximum Gasteiger partial charge on any atom is 0.261 e. The molecule has 0 fully saturated rings. The maximum absolute atomic E-state index is 12.9. The quantitative estimate of drug-likeness (QED) is 0.726. The Balaban J connectivity index is 1.62. The van der Waals surface area contributed by atoms with Gasteiger partial charge in [0.2, 0.25) is 0 Å². The molecule has 3 aromatic rings. The monoisotopic (exact) mass is 395 g/mol. The van der Waals surface area contributed by atoms with E-state index >= 15 is 0 Å². The second-order valence-corrected chi connectivity index (χ2v) is 7.56. The topological polar surface area (TPSA) is 64.0 Å². The van der Waals surface area contributed by atoms with E-state index < -0.39 is 0 Å². The molecular formula is C22H22ClN3O2. The van der Waals surface area contributed by atoms with Crippen molar-refractivity contribution < 1.29 is 4.79 Å². The van der Waals surface area contributed by atoms with Gasteiger partial charge in [0.1, 0.15) is 5.82 Å². The zero-order valence-electron chi connectivity index (χ0n) is 15.6. The Hall–Kier alpha value is -2.66. The van der Waals surface area contributed by atoms with E-state index in [0.717, 1.165) is 43.6 Å². The molecule has 0 aliphatic carbocycles. The fourth-order valence-electron chi connectivity index (χ4n) is 3.66. The molecule has 28 heavy (non-hydrogen) atoms. The van der Waals surface area contributed by atoms with Gasteiger partial charge >= 0.3 is 0 Å². The van der Waals surface area contributed by atoms with Crippen LogP contribution < -0.4 is 10.9 Å². The lowest BCUT2D eigenvalue weighted by Crippen LogP contribution is -2.27. The summed E-state index contributed by atoms with van der Waals surface area (Å²) in [5.74, 6) is 0.612. The fraction of sp³-hybridized carbons (Fsp3) is 0.318. The molecule has 0 radical (unpaired) electrons. The van der Waals surface area contributed by atoms with Crippen LogP contribution in [0.5, 0.6) is 0 Å². The molecule has 1 aliphatic rings. The number of aromatic nitrogens is 2. The van der Waals surface area contributed by atoms with Gasteiger partial charge < -0.3 is 5.32 Å². The summed E-state index contributed by atoms with van der Waals surface area (Å²) in [5.41, 5.74) is 1.92. The Morgan fingerprint density at radius 1 is 1.11 bits per heavy atom. The standard InChI is InChI=1S/C22H22ClN3O2/c23-18-8-5-4-7-16(18)14-24-21(27)15-10-11-17-19(13-15)25-20-9-3-1-2-6-12-26(20)22(17)28/h4-5,7-8,10-11,13H,1-3,6,9,12,14H2,(H,24,27).